The van der Waals surface area contributed by atoms with Gasteiger partial charge in [-0.3, -0.25) is 24.1 Å². The third-order valence-corrected chi connectivity index (χ3v) is 4.45. The molecule has 0 aromatic rings. The first-order valence-electron chi connectivity index (χ1n) is 6.75. The monoisotopic (exact) mass is 299 g/mol. The number of thioether (sulfide) groups is 1. The second kappa shape index (κ2) is 7.02. The van der Waals surface area contributed by atoms with Gasteiger partial charge < -0.3 is 0 Å². The molecule has 1 aliphatic heterocycles. The molecule has 0 radical (unpaired) electrons. The molecule has 1 saturated heterocycles. The number of likely N-dealkylation sites (tertiary alicyclic amines) is 1. The van der Waals surface area contributed by atoms with Gasteiger partial charge in [-0.2, -0.15) is 0 Å². The van der Waals surface area contributed by atoms with Crippen LogP contribution in [0.5, 0.6) is 0 Å². The summed E-state index contributed by atoms with van der Waals surface area (Å²) in [6.45, 7) is 6.93. The molecule has 0 saturated carbocycles. The molecule has 1 heterocycles. The zero-order valence-corrected chi connectivity index (χ0v) is 13.2. The fourth-order valence-electron chi connectivity index (χ4n) is 1.64. The smallest absolute Gasteiger partial charge is 0.243 e. The molecule has 1 atom stereocenters. The number of hydrogen-bond donors (Lipinski definition) is 0. The van der Waals surface area contributed by atoms with Gasteiger partial charge >= 0.3 is 0 Å². The van der Waals surface area contributed by atoms with Gasteiger partial charge in [0.25, 0.3) is 0 Å². The molecule has 1 rings (SSSR count). The molecule has 6 heteroatoms. The van der Waals surface area contributed by atoms with E-state index in [9.17, 15) is 19.2 Å². The lowest BCUT2D eigenvalue weighted by Crippen LogP contribution is -2.37. The van der Waals surface area contributed by atoms with Crippen LogP contribution in [0.2, 0.25) is 0 Å². The first-order chi connectivity index (χ1) is 9.23. The highest BCUT2D eigenvalue weighted by Gasteiger charge is 2.40. The summed E-state index contributed by atoms with van der Waals surface area (Å²) in [4.78, 5) is 48.1. The lowest BCUT2D eigenvalue weighted by Gasteiger charge is -2.15. The molecule has 0 spiro atoms. The molecule has 0 aromatic carbocycles. The maximum Gasteiger partial charge on any atom is 0.243 e. The van der Waals surface area contributed by atoms with Crippen molar-refractivity contribution >= 4 is 35.1 Å². The number of carbonyl (C=O) groups excluding carboxylic acids is 4. The van der Waals surface area contributed by atoms with Crippen LogP contribution in [0, 0.1) is 11.8 Å². The molecule has 0 aromatic heterocycles. The first kappa shape index (κ1) is 16.9. The van der Waals surface area contributed by atoms with Gasteiger partial charge in [0.15, 0.2) is 5.78 Å². The van der Waals surface area contributed by atoms with Crippen LogP contribution in [0.25, 0.3) is 0 Å². The average Bonchev–Trinajstić information content (AvgIpc) is 2.63. The number of rotatable bonds is 7. The topological polar surface area (TPSA) is 71.5 Å². The summed E-state index contributed by atoms with van der Waals surface area (Å²) in [5.74, 6) is -0.780. The van der Waals surface area contributed by atoms with E-state index in [-0.39, 0.29) is 53.9 Å². The van der Waals surface area contributed by atoms with Gasteiger partial charge in [0.1, 0.15) is 5.78 Å². The molecule has 1 unspecified atom stereocenters. The Morgan fingerprint density at radius 3 is 2.20 bits per heavy atom. The zero-order chi connectivity index (χ0) is 15.4. The second-order valence-electron chi connectivity index (χ2n) is 5.56. The molecule has 0 N–H and O–H groups in total. The highest BCUT2D eigenvalue weighted by Crippen LogP contribution is 2.26. The fraction of sp³-hybridized carbons (Fsp3) is 0.714. The van der Waals surface area contributed by atoms with Crippen LogP contribution in [-0.2, 0) is 19.2 Å². The molecule has 1 aliphatic rings. The molecule has 1 fully saturated rings. The van der Waals surface area contributed by atoms with E-state index in [0.717, 1.165) is 4.90 Å². The molecule has 5 nitrogen and oxygen atoms in total. The van der Waals surface area contributed by atoms with Gasteiger partial charge in [0.05, 0.1) is 17.5 Å². The Balaban J connectivity index is 2.58. The Bertz CT molecular complexity index is 431. The number of hydrogen-bond acceptors (Lipinski definition) is 5. The van der Waals surface area contributed by atoms with Crippen molar-refractivity contribution in [1.29, 1.82) is 0 Å². The van der Waals surface area contributed by atoms with Gasteiger partial charge in [-0.1, -0.05) is 27.7 Å². The van der Waals surface area contributed by atoms with Crippen molar-refractivity contribution in [3.63, 3.8) is 0 Å². The van der Waals surface area contributed by atoms with Crippen LogP contribution in [0.4, 0.5) is 0 Å². The third-order valence-electron chi connectivity index (χ3n) is 3.23. The summed E-state index contributed by atoms with van der Waals surface area (Å²) in [6.07, 6.45) is 0.0836. The molecule has 112 valence electrons. The van der Waals surface area contributed by atoms with E-state index < -0.39 is 5.25 Å². The van der Waals surface area contributed by atoms with E-state index in [2.05, 4.69) is 0 Å². The minimum atomic E-state index is -0.523. The Labute approximate surface area is 123 Å². The normalized spacial score (nSPS) is 19.3. The SMILES string of the molecule is CC(C)C(=O)CSC1CC(=O)N(CC(=O)C(C)C)C1=O. The first-order valence-corrected chi connectivity index (χ1v) is 7.80. The summed E-state index contributed by atoms with van der Waals surface area (Å²) in [6, 6.07) is 0. The summed E-state index contributed by atoms with van der Waals surface area (Å²) < 4.78 is 0. The van der Waals surface area contributed by atoms with E-state index in [1.807, 2.05) is 0 Å². The molecule has 20 heavy (non-hydrogen) atoms. The minimum absolute atomic E-state index is 0.0620. The quantitative estimate of drug-likeness (QED) is 0.663. The summed E-state index contributed by atoms with van der Waals surface area (Å²) in [5, 5.41) is -0.523. The maximum absolute atomic E-state index is 12.1. The van der Waals surface area contributed by atoms with Crippen LogP contribution < -0.4 is 0 Å². The molecular formula is C14H21NO4S. The average molecular weight is 299 g/mol. The minimum Gasteiger partial charge on any atom is -0.298 e. The van der Waals surface area contributed by atoms with Gasteiger partial charge in [0.2, 0.25) is 11.8 Å². The Morgan fingerprint density at radius 1 is 1.15 bits per heavy atom. The van der Waals surface area contributed by atoms with E-state index in [1.165, 1.54) is 11.8 Å². The van der Waals surface area contributed by atoms with Gasteiger partial charge in [-0.05, 0) is 0 Å². The van der Waals surface area contributed by atoms with Crippen molar-refractivity contribution in [2.45, 2.75) is 39.4 Å². The largest absolute Gasteiger partial charge is 0.298 e. The van der Waals surface area contributed by atoms with Crippen molar-refractivity contribution in [1.82, 2.24) is 4.90 Å². The number of amides is 2. The van der Waals surface area contributed by atoms with Crippen molar-refractivity contribution in [3.8, 4) is 0 Å². The molecule has 2 amide bonds. The predicted molar refractivity (Wildman–Crippen MR) is 77.3 cm³/mol. The van der Waals surface area contributed by atoms with E-state index in [4.69, 9.17) is 0 Å². The standard InChI is InChI=1S/C14H21NO4S/c1-8(2)10(16)6-15-13(18)5-12(14(15)19)20-7-11(17)9(3)4/h8-9,12H,5-7H2,1-4H3. The Hall–Kier alpha value is -1.17. The van der Waals surface area contributed by atoms with Gasteiger partial charge in [-0.25, -0.2) is 0 Å². The highest BCUT2D eigenvalue weighted by atomic mass is 32.2. The van der Waals surface area contributed by atoms with E-state index in [0.29, 0.717) is 0 Å². The zero-order valence-electron chi connectivity index (χ0n) is 12.3. The van der Waals surface area contributed by atoms with Crippen molar-refractivity contribution < 1.29 is 19.2 Å². The van der Waals surface area contributed by atoms with Crippen molar-refractivity contribution in [3.05, 3.63) is 0 Å². The molecular weight excluding hydrogens is 278 g/mol. The van der Waals surface area contributed by atoms with E-state index >= 15 is 0 Å². The number of Topliss-reactive ketones (excluding diaryl/α,β-unsaturated/α-hetero) is 2. The maximum atomic E-state index is 12.1. The lowest BCUT2D eigenvalue weighted by atomic mass is 10.1. The second-order valence-corrected chi connectivity index (χ2v) is 6.75. The summed E-state index contributed by atoms with van der Waals surface area (Å²) >= 11 is 1.20. The molecule has 0 bridgehead atoms. The number of carbonyl (C=O) groups is 4. The van der Waals surface area contributed by atoms with Crippen LogP contribution in [0.15, 0.2) is 0 Å². The highest BCUT2D eigenvalue weighted by molar-refractivity contribution is 8.01. The predicted octanol–water partition coefficient (Wildman–Crippen LogP) is 1.30. The van der Waals surface area contributed by atoms with Gasteiger partial charge in [-0.15, -0.1) is 11.8 Å². The fourth-order valence-corrected chi connectivity index (χ4v) is 2.87. The van der Waals surface area contributed by atoms with Crippen LogP contribution >= 0.6 is 11.8 Å². The van der Waals surface area contributed by atoms with Crippen LogP contribution in [-0.4, -0.2) is 45.8 Å². The molecule has 0 aliphatic carbocycles. The summed E-state index contributed by atoms with van der Waals surface area (Å²) in [7, 11) is 0. The number of nitrogens with zero attached hydrogens (tertiary/aromatic N) is 1. The third kappa shape index (κ3) is 4.16. The van der Waals surface area contributed by atoms with Crippen molar-refractivity contribution in [2.24, 2.45) is 11.8 Å². The Morgan fingerprint density at radius 2 is 1.70 bits per heavy atom. The van der Waals surface area contributed by atoms with Crippen LogP contribution in [0.1, 0.15) is 34.1 Å². The van der Waals surface area contributed by atoms with E-state index in [1.54, 1.807) is 27.7 Å². The van der Waals surface area contributed by atoms with Crippen LogP contribution in [0.3, 0.4) is 0 Å². The Kier molecular flexibility index (Phi) is 5.92. The van der Waals surface area contributed by atoms with Gasteiger partial charge in [0, 0.05) is 18.3 Å². The summed E-state index contributed by atoms with van der Waals surface area (Å²) in [5.41, 5.74) is 0. The number of imide groups is 1. The van der Waals surface area contributed by atoms with Crippen molar-refractivity contribution in [2.75, 3.05) is 12.3 Å². The lowest BCUT2D eigenvalue weighted by molar-refractivity contribution is -0.142. The number of ketones is 2.